The van der Waals surface area contributed by atoms with Gasteiger partial charge in [0, 0.05) is 20.0 Å². The van der Waals surface area contributed by atoms with E-state index in [1.54, 1.807) is 21.3 Å². The van der Waals surface area contributed by atoms with Gasteiger partial charge in [-0.2, -0.15) is 8.42 Å². The van der Waals surface area contributed by atoms with Crippen LogP contribution in [0.25, 0.3) is 0 Å². The van der Waals surface area contributed by atoms with Gasteiger partial charge in [0.25, 0.3) is 10.1 Å². The van der Waals surface area contributed by atoms with Gasteiger partial charge in [0.1, 0.15) is 17.6 Å². The molecule has 0 aromatic heterocycles. The summed E-state index contributed by atoms with van der Waals surface area (Å²) in [6.07, 6.45) is 3.22. The summed E-state index contributed by atoms with van der Waals surface area (Å²) in [5.41, 5.74) is 2.02. The summed E-state index contributed by atoms with van der Waals surface area (Å²) in [6.45, 7) is 5.54. The third-order valence-corrected chi connectivity index (χ3v) is 8.28. The minimum absolute atomic E-state index is 0.117. The highest BCUT2D eigenvalue weighted by molar-refractivity contribution is 7.86. The van der Waals surface area contributed by atoms with Crippen molar-refractivity contribution in [3.63, 3.8) is 0 Å². The molecule has 230 valence electrons. The van der Waals surface area contributed by atoms with E-state index in [1.807, 2.05) is 55.5 Å². The zero-order chi connectivity index (χ0) is 29.9. The van der Waals surface area contributed by atoms with E-state index in [2.05, 4.69) is 6.92 Å². The SMILES string of the molecule is COc1ccc(COC[C@@H]2O[C@@](CC[C@H](C)[C@H](COCc3ccc(OC)cc3)OS(C)(=O)=O)(OC)CC[C@@H]2C)cc1. The molecule has 2 aromatic carbocycles. The standard InChI is InChI=1S/C31H46O9S/c1-23-15-17-31(36-5,39-29(23)21-37-19-25-7-11-27(34-3)12-8-25)18-16-24(2)30(40-41(6,32)33)22-38-20-26-9-13-28(35-4)14-10-26/h7-14,23-24,29-30H,15-22H2,1-6H3/t23-,24-,29-,30-,31-/m0/s1. The maximum absolute atomic E-state index is 12.0. The van der Waals surface area contributed by atoms with E-state index in [1.165, 1.54) is 0 Å². The molecule has 0 saturated carbocycles. The molecule has 1 saturated heterocycles. The van der Waals surface area contributed by atoms with Crippen molar-refractivity contribution in [3.8, 4) is 11.5 Å². The molecule has 0 unspecified atom stereocenters. The summed E-state index contributed by atoms with van der Waals surface area (Å²) >= 11 is 0. The number of benzene rings is 2. The molecule has 0 radical (unpaired) electrons. The van der Waals surface area contributed by atoms with Crippen molar-refractivity contribution < 1.29 is 41.0 Å². The van der Waals surface area contributed by atoms with Gasteiger partial charge in [-0.25, -0.2) is 0 Å². The van der Waals surface area contributed by atoms with Crippen LogP contribution in [0.15, 0.2) is 48.5 Å². The number of hydrogen-bond donors (Lipinski definition) is 0. The minimum atomic E-state index is -3.67. The van der Waals surface area contributed by atoms with Gasteiger partial charge in [-0.15, -0.1) is 0 Å². The van der Waals surface area contributed by atoms with Gasteiger partial charge in [-0.3, -0.25) is 4.18 Å². The van der Waals surface area contributed by atoms with E-state index in [0.717, 1.165) is 41.7 Å². The Labute approximate surface area is 245 Å². The predicted octanol–water partition coefficient (Wildman–Crippen LogP) is 5.36. The van der Waals surface area contributed by atoms with Crippen LogP contribution >= 0.6 is 0 Å². The van der Waals surface area contributed by atoms with Gasteiger partial charge in [0.15, 0.2) is 5.79 Å². The van der Waals surface area contributed by atoms with Gasteiger partial charge >= 0.3 is 0 Å². The fourth-order valence-corrected chi connectivity index (χ4v) is 5.59. The first-order valence-electron chi connectivity index (χ1n) is 14.1. The van der Waals surface area contributed by atoms with Gasteiger partial charge in [-0.05, 0) is 60.1 Å². The predicted molar refractivity (Wildman–Crippen MR) is 156 cm³/mol. The van der Waals surface area contributed by atoms with Crippen molar-refractivity contribution in [2.75, 3.05) is 40.8 Å². The average molecular weight is 595 g/mol. The molecular weight excluding hydrogens is 548 g/mol. The monoisotopic (exact) mass is 594 g/mol. The maximum Gasteiger partial charge on any atom is 0.264 e. The van der Waals surface area contributed by atoms with Crippen molar-refractivity contribution >= 4 is 10.1 Å². The van der Waals surface area contributed by atoms with Crippen molar-refractivity contribution in [2.45, 2.75) is 70.7 Å². The van der Waals surface area contributed by atoms with Crippen LogP contribution in [-0.4, -0.2) is 67.2 Å². The van der Waals surface area contributed by atoms with Crippen molar-refractivity contribution in [3.05, 3.63) is 59.7 Å². The number of methoxy groups -OCH3 is 3. The number of hydrogen-bond acceptors (Lipinski definition) is 9. The van der Waals surface area contributed by atoms with Crippen molar-refractivity contribution in [2.24, 2.45) is 11.8 Å². The third kappa shape index (κ3) is 10.9. The minimum Gasteiger partial charge on any atom is -0.497 e. The lowest BCUT2D eigenvalue weighted by Gasteiger charge is -2.43. The molecule has 9 nitrogen and oxygen atoms in total. The highest BCUT2D eigenvalue weighted by Gasteiger charge is 2.41. The van der Waals surface area contributed by atoms with Crippen LogP contribution in [0.2, 0.25) is 0 Å². The van der Waals surface area contributed by atoms with Gasteiger partial charge in [0.2, 0.25) is 0 Å². The second-order valence-corrected chi connectivity index (χ2v) is 12.5. The Kier molecular flexibility index (Phi) is 12.9. The quantitative estimate of drug-likeness (QED) is 0.224. The van der Waals surface area contributed by atoms with Crippen LogP contribution in [0.3, 0.4) is 0 Å². The van der Waals surface area contributed by atoms with E-state index in [-0.39, 0.29) is 18.6 Å². The summed E-state index contributed by atoms with van der Waals surface area (Å²) in [4.78, 5) is 0. The Hall–Kier alpha value is -2.21. The van der Waals surface area contributed by atoms with Gasteiger partial charge in [0.05, 0.1) is 53.0 Å². The molecule has 1 aliphatic heterocycles. The normalized spacial score (nSPS) is 22.7. The molecular formula is C31H46O9S. The highest BCUT2D eigenvalue weighted by Crippen LogP contribution is 2.38. The van der Waals surface area contributed by atoms with Crippen LogP contribution in [-0.2, 0) is 46.5 Å². The lowest BCUT2D eigenvalue weighted by atomic mass is 9.87. The van der Waals surface area contributed by atoms with E-state index in [0.29, 0.717) is 38.6 Å². The first-order chi connectivity index (χ1) is 19.6. The molecule has 0 spiro atoms. The fraction of sp³-hybridized carbons (Fsp3) is 0.613. The molecule has 2 aromatic rings. The van der Waals surface area contributed by atoms with Gasteiger partial charge in [-0.1, -0.05) is 38.1 Å². The Morgan fingerprint density at radius 3 is 2.00 bits per heavy atom. The fourth-order valence-electron chi connectivity index (χ4n) is 4.89. The summed E-state index contributed by atoms with van der Waals surface area (Å²) in [5, 5.41) is 0. The van der Waals surface area contributed by atoms with E-state index >= 15 is 0 Å². The van der Waals surface area contributed by atoms with Crippen LogP contribution in [0.1, 0.15) is 50.7 Å². The molecule has 0 N–H and O–H groups in total. The van der Waals surface area contributed by atoms with Gasteiger partial charge < -0.3 is 28.4 Å². The lowest BCUT2D eigenvalue weighted by Crippen LogP contribution is -2.47. The Bertz CT molecular complexity index is 1140. The van der Waals surface area contributed by atoms with E-state index in [9.17, 15) is 8.42 Å². The van der Waals surface area contributed by atoms with Crippen LogP contribution in [0, 0.1) is 11.8 Å². The zero-order valence-corrected chi connectivity index (χ0v) is 26.0. The first kappa shape index (κ1) is 33.3. The molecule has 0 bridgehead atoms. The highest BCUT2D eigenvalue weighted by atomic mass is 32.2. The number of ether oxygens (including phenoxy) is 6. The first-order valence-corrected chi connectivity index (χ1v) is 15.9. The Morgan fingerprint density at radius 1 is 0.927 bits per heavy atom. The summed E-state index contributed by atoms with van der Waals surface area (Å²) in [6, 6.07) is 15.4. The molecule has 0 amide bonds. The Morgan fingerprint density at radius 2 is 1.49 bits per heavy atom. The zero-order valence-electron chi connectivity index (χ0n) is 25.2. The Balaban J connectivity index is 1.54. The summed E-state index contributed by atoms with van der Waals surface area (Å²) < 4.78 is 64.3. The second kappa shape index (κ2) is 15.9. The lowest BCUT2D eigenvalue weighted by molar-refractivity contribution is -0.291. The summed E-state index contributed by atoms with van der Waals surface area (Å²) in [5.74, 6) is 0.997. The number of rotatable bonds is 17. The third-order valence-electron chi connectivity index (χ3n) is 7.69. The maximum atomic E-state index is 12.0. The molecule has 1 heterocycles. The van der Waals surface area contributed by atoms with Crippen LogP contribution in [0.4, 0.5) is 0 Å². The molecule has 1 aliphatic rings. The summed E-state index contributed by atoms with van der Waals surface area (Å²) in [7, 11) is 1.25. The van der Waals surface area contributed by atoms with Crippen molar-refractivity contribution in [1.82, 2.24) is 0 Å². The van der Waals surface area contributed by atoms with E-state index < -0.39 is 22.0 Å². The molecule has 5 atom stereocenters. The average Bonchev–Trinajstić information content (AvgIpc) is 2.97. The molecule has 41 heavy (non-hydrogen) atoms. The molecule has 3 rings (SSSR count). The molecule has 1 fully saturated rings. The molecule has 0 aliphatic carbocycles. The second-order valence-electron chi connectivity index (χ2n) is 10.9. The molecule has 10 heteroatoms. The smallest absolute Gasteiger partial charge is 0.264 e. The van der Waals surface area contributed by atoms with Crippen LogP contribution < -0.4 is 9.47 Å². The van der Waals surface area contributed by atoms with E-state index in [4.69, 9.17) is 32.6 Å². The topological polar surface area (TPSA) is 98.8 Å². The largest absolute Gasteiger partial charge is 0.497 e. The van der Waals surface area contributed by atoms with Crippen molar-refractivity contribution in [1.29, 1.82) is 0 Å². The van der Waals surface area contributed by atoms with Crippen LogP contribution in [0.5, 0.6) is 11.5 Å².